The molecule has 0 aromatic carbocycles. The minimum Gasteiger partial charge on any atom is -0.450 e. The number of nitrogens with zero attached hydrogens (tertiary/aromatic N) is 5. The number of hydrogen-bond acceptors (Lipinski definition) is 8. The number of hydrogen-bond donors (Lipinski definition) is 1. The van der Waals surface area contributed by atoms with Crippen LogP contribution in [0.1, 0.15) is 24.0 Å². The van der Waals surface area contributed by atoms with Crippen molar-refractivity contribution < 1.29 is 9.53 Å². The van der Waals surface area contributed by atoms with Crippen molar-refractivity contribution in [3.8, 4) is 0 Å². The fourth-order valence-corrected chi connectivity index (χ4v) is 2.84. The summed E-state index contributed by atoms with van der Waals surface area (Å²) in [5, 5.41) is 3.83. The summed E-state index contributed by atoms with van der Waals surface area (Å²) in [6, 6.07) is 0. The molecule has 0 atom stereocenters. The normalized spacial score (nSPS) is 13.6. The van der Waals surface area contributed by atoms with Crippen LogP contribution in [0, 0.1) is 6.92 Å². The molecule has 1 aliphatic heterocycles. The van der Waals surface area contributed by atoms with Crippen LogP contribution in [0.3, 0.4) is 0 Å². The molecule has 2 aromatic rings. The quantitative estimate of drug-likeness (QED) is 0.923. The molecule has 0 unspecified atom stereocenters. The van der Waals surface area contributed by atoms with Gasteiger partial charge in [0.15, 0.2) is 0 Å². The van der Waals surface area contributed by atoms with E-state index >= 15 is 0 Å². The fourth-order valence-electron chi connectivity index (χ4n) is 2.27. The topological polar surface area (TPSA) is 93.1 Å². The van der Waals surface area contributed by atoms with E-state index in [1.807, 2.05) is 6.92 Å². The van der Waals surface area contributed by atoms with Crippen molar-refractivity contribution >= 4 is 28.6 Å². The number of ether oxygens (including phenoxy) is 1. The molecule has 9 heteroatoms. The standard InChI is InChI=1S/C13H16N6O2S/c1-3-21-13(20)19-5-4-10-9(6-19)11(15-7-14-10)17-12-16-8(2)18-22-12/h7H,3-6H2,1-2H3,(H,14,15,16,17,18). The summed E-state index contributed by atoms with van der Waals surface area (Å²) >= 11 is 1.27. The maximum Gasteiger partial charge on any atom is 0.410 e. The summed E-state index contributed by atoms with van der Waals surface area (Å²) in [4.78, 5) is 26.4. The number of nitrogens with one attached hydrogen (secondary N) is 1. The molecule has 2 aromatic heterocycles. The molecule has 1 amide bonds. The highest BCUT2D eigenvalue weighted by atomic mass is 32.1. The van der Waals surface area contributed by atoms with Crippen molar-refractivity contribution in [1.29, 1.82) is 0 Å². The zero-order valence-corrected chi connectivity index (χ0v) is 13.2. The smallest absolute Gasteiger partial charge is 0.410 e. The maximum atomic E-state index is 11.9. The summed E-state index contributed by atoms with van der Waals surface area (Å²) in [7, 11) is 0. The van der Waals surface area contributed by atoms with Crippen LogP contribution in [0.25, 0.3) is 0 Å². The Morgan fingerprint density at radius 3 is 3.09 bits per heavy atom. The predicted molar refractivity (Wildman–Crippen MR) is 81.1 cm³/mol. The molecule has 3 rings (SSSR count). The summed E-state index contributed by atoms with van der Waals surface area (Å²) in [6.07, 6.45) is 1.89. The summed E-state index contributed by atoms with van der Waals surface area (Å²) in [5.74, 6) is 1.37. The molecule has 0 bridgehead atoms. The Morgan fingerprint density at radius 1 is 1.50 bits per heavy atom. The monoisotopic (exact) mass is 320 g/mol. The van der Waals surface area contributed by atoms with Crippen LogP contribution in [0.4, 0.5) is 15.7 Å². The summed E-state index contributed by atoms with van der Waals surface area (Å²) in [6.45, 7) is 5.02. The van der Waals surface area contributed by atoms with Gasteiger partial charge in [-0.15, -0.1) is 0 Å². The molecule has 0 saturated heterocycles. The molecule has 0 radical (unpaired) electrons. The molecular weight excluding hydrogens is 304 g/mol. The zero-order chi connectivity index (χ0) is 15.5. The van der Waals surface area contributed by atoms with E-state index in [1.165, 1.54) is 17.9 Å². The lowest BCUT2D eigenvalue weighted by atomic mass is 10.1. The van der Waals surface area contributed by atoms with Gasteiger partial charge in [0, 0.05) is 30.1 Å². The molecule has 3 heterocycles. The first-order valence-corrected chi connectivity index (χ1v) is 7.76. The van der Waals surface area contributed by atoms with Crippen molar-refractivity contribution in [3.63, 3.8) is 0 Å². The molecule has 0 aliphatic carbocycles. The second kappa shape index (κ2) is 6.22. The number of aromatic nitrogens is 4. The molecule has 0 spiro atoms. The average molecular weight is 320 g/mol. The Bertz CT molecular complexity index is 689. The Morgan fingerprint density at radius 2 is 2.36 bits per heavy atom. The first-order valence-electron chi connectivity index (χ1n) is 6.99. The lowest BCUT2D eigenvalue weighted by Crippen LogP contribution is -2.37. The van der Waals surface area contributed by atoms with E-state index in [9.17, 15) is 4.79 Å². The van der Waals surface area contributed by atoms with E-state index in [0.717, 1.165) is 11.3 Å². The van der Waals surface area contributed by atoms with Crippen LogP contribution in [-0.4, -0.2) is 43.5 Å². The Balaban J connectivity index is 1.83. The SMILES string of the molecule is CCOC(=O)N1CCc2ncnc(Nc3nc(C)ns3)c2C1. The first-order chi connectivity index (χ1) is 10.7. The van der Waals surface area contributed by atoms with Gasteiger partial charge in [0.2, 0.25) is 5.13 Å². The Labute approximate surface area is 131 Å². The fraction of sp³-hybridized carbons (Fsp3) is 0.462. The van der Waals surface area contributed by atoms with Crippen LogP contribution in [0.5, 0.6) is 0 Å². The molecule has 22 heavy (non-hydrogen) atoms. The maximum absolute atomic E-state index is 11.9. The molecule has 8 nitrogen and oxygen atoms in total. The highest BCUT2D eigenvalue weighted by molar-refractivity contribution is 7.09. The highest BCUT2D eigenvalue weighted by Crippen LogP contribution is 2.26. The zero-order valence-electron chi connectivity index (χ0n) is 12.4. The number of anilines is 2. The van der Waals surface area contributed by atoms with Crippen LogP contribution in [-0.2, 0) is 17.7 Å². The van der Waals surface area contributed by atoms with Crippen LogP contribution in [0.2, 0.25) is 0 Å². The molecular formula is C13H16N6O2S. The third-order valence-electron chi connectivity index (χ3n) is 3.28. The number of carbonyl (C=O) groups is 1. The summed E-state index contributed by atoms with van der Waals surface area (Å²) in [5.41, 5.74) is 1.84. The van der Waals surface area contributed by atoms with Gasteiger partial charge in [0.25, 0.3) is 0 Å². The van der Waals surface area contributed by atoms with Crippen molar-refractivity contribution in [1.82, 2.24) is 24.2 Å². The highest BCUT2D eigenvalue weighted by Gasteiger charge is 2.25. The van der Waals surface area contributed by atoms with Gasteiger partial charge in [-0.25, -0.2) is 19.7 Å². The Kier molecular flexibility index (Phi) is 4.14. The van der Waals surface area contributed by atoms with Crippen molar-refractivity contribution in [2.45, 2.75) is 26.8 Å². The van der Waals surface area contributed by atoms with E-state index in [4.69, 9.17) is 4.74 Å². The van der Waals surface area contributed by atoms with Crippen LogP contribution < -0.4 is 5.32 Å². The van der Waals surface area contributed by atoms with E-state index in [-0.39, 0.29) is 6.09 Å². The van der Waals surface area contributed by atoms with Gasteiger partial charge < -0.3 is 15.0 Å². The second-order valence-corrected chi connectivity index (χ2v) is 5.54. The van der Waals surface area contributed by atoms with Gasteiger partial charge in [-0.1, -0.05) is 0 Å². The predicted octanol–water partition coefficient (Wildman–Crippen LogP) is 1.89. The van der Waals surface area contributed by atoms with Crippen LogP contribution in [0.15, 0.2) is 6.33 Å². The number of carbonyl (C=O) groups excluding carboxylic acids is 1. The number of aryl methyl sites for hydroxylation is 1. The van der Waals surface area contributed by atoms with Gasteiger partial charge in [-0.2, -0.15) is 4.37 Å². The van der Waals surface area contributed by atoms with Gasteiger partial charge in [-0.3, -0.25) is 0 Å². The third-order valence-corrected chi connectivity index (χ3v) is 4.00. The molecule has 0 saturated carbocycles. The molecule has 1 aliphatic rings. The number of amides is 1. The van der Waals surface area contributed by atoms with Gasteiger partial charge in [0.1, 0.15) is 18.0 Å². The van der Waals surface area contributed by atoms with Crippen molar-refractivity contribution in [2.24, 2.45) is 0 Å². The van der Waals surface area contributed by atoms with Crippen molar-refractivity contribution in [3.05, 3.63) is 23.4 Å². The molecule has 116 valence electrons. The van der Waals surface area contributed by atoms with E-state index in [1.54, 1.807) is 11.8 Å². The number of rotatable bonds is 3. The first kappa shape index (κ1) is 14.6. The lowest BCUT2D eigenvalue weighted by molar-refractivity contribution is 0.102. The Hall–Kier alpha value is -2.29. The number of fused-ring (bicyclic) bond motifs is 1. The van der Waals surface area contributed by atoms with Gasteiger partial charge >= 0.3 is 6.09 Å². The van der Waals surface area contributed by atoms with Crippen LogP contribution >= 0.6 is 11.5 Å². The minimum absolute atomic E-state index is 0.310. The van der Waals surface area contributed by atoms with Gasteiger partial charge in [-0.05, 0) is 13.8 Å². The molecule has 1 N–H and O–H groups in total. The van der Waals surface area contributed by atoms with E-state index in [2.05, 4.69) is 24.6 Å². The molecule has 0 fully saturated rings. The summed E-state index contributed by atoms with van der Waals surface area (Å²) < 4.78 is 9.20. The second-order valence-electron chi connectivity index (χ2n) is 4.79. The largest absolute Gasteiger partial charge is 0.450 e. The third kappa shape index (κ3) is 2.98. The van der Waals surface area contributed by atoms with E-state index in [0.29, 0.717) is 42.9 Å². The van der Waals surface area contributed by atoms with Gasteiger partial charge in [0.05, 0.1) is 18.8 Å². The van der Waals surface area contributed by atoms with Crippen molar-refractivity contribution in [2.75, 3.05) is 18.5 Å². The minimum atomic E-state index is -0.310. The van der Waals surface area contributed by atoms with E-state index < -0.39 is 0 Å². The average Bonchev–Trinajstić information content (AvgIpc) is 2.92. The lowest BCUT2D eigenvalue weighted by Gasteiger charge is -2.28.